The highest BCUT2D eigenvalue weighted by Crippen LogP contribution is 2.13. The molecule has 2 N–H and O–H groups in total. The Morgan fingerprint density at radius 1 is 1.72 bits per heavy atom. The number of aromatic nitrogens is 2. The summed E-state index contributed by atoms with van der Waals surface area (Å²) >= 11 is 1.10. The summed E-state index contributed by atoms with van der Waals surface area (Å²) in [6.45, 7) is 2.89. The minimum Gasteiger partial charge on any atom is -0.473 e. The molecule has 0 amide bonds. The average Bonchev–Trinajstić information content (AvgIpc) is 2.99. The minimum absolute atomic E-state index is 0.249. The third-order valence-electron chi connectivity index (χ3n) is 3.20. The topological polar surface area (TPSA) is 70.5 Å². The summed E-state index contributed by atoms with van der Waals surface area (Å²) in [4.78, 5) is 2.36. The lowest BCUT2D eigenvalue weighted by Gasteiger charge is -2.20. The Hall–Kier alpha value is -0.760. The molecule has 7 heteroatoms. The largest absolute Gasteiger partial charge is 0.473 e. The number of nitrogens with zero attached hydrogens (tertiary/aromatic N) is 3. The van der Waals surface area contributed by atoms with Gasteiger partial charge < -0.3 is 20.1 Å². The summed E-state index contributed by atoms with van der Waals surface area (Å²) in [5.74, 6) is 0.481. The second-order valence-electron chi connectivity index (χ2n) is 4.65. The number of aliphatic hydroxyl groups is 1. The van der Waals surface area contributed by atoms with Crippen LogP contribution in [0.5, 0.6) is 5.88 Å². The summed E-state index contributed by atoms with van der Waals surface area (Å²) in [6.07, 6.45) is 3.54. The first kappa shape index (κ1) is 13.7. The molecule has 1 aromatic heterocycles. The van der Waals surface area contributed by atoms with Crippen molar-refractivity contribution >= 4 is 11.7 Å². The van der Waals surface area contributed by atoms with Crippen molar-refractivity contribution in [3.8, 4) is 5.88 Å². The molecule has 102 valence electrons. The smallest absolute Gasteiger partial charge is 0.245 e. The number of ether oxygens (including phenoxy) is 1. The number of aliphatic hydroxyl groups excluding tert-OH is 1. The predicted molar refractivity (Wildman–Crippen MR) is 69.9 cm³/mol. The number of nitrogens with one attached hydrogen (secondary N) is 1. The van der Waals surface area contributed by atoms with Gasteiger partial charge in [0.15, 0.2) is 0 Å². The molecule has 0 bridgehead atoms. The van der Waals surface area contributed by atoms with Gasteiger partial charge in [0.25, 0.3) is 0 Å². The van der Waals surface area contributed by atoms with Crippen LogP contribution in [0.15, 0.2) is 6.20 Å². The third kappa shape index (κ3) is 4.16. The van der Waals surface area contributed by atoms with Crippen molar-refractivity contribution in [2.24, 2.45) is 0 Å². The monoisotopic (exact) mass is 272 g/mol. The highest BCUT2D eigenvalue weighted by molar-refractivity contribution is 6.99. The van der Waals surface area contributed by atoms with E-state index in [0.717, 1.165) is 18.3 Å². The van der Waals surface area contributed by atoms with Crippen LogP contribution < -0.4 is 10.1 Å². The lowest BCUT2D eigenvalue weighted by atomic mass is 10.2. The Balaban J connectivity index is 1.55. The van der Waals surface area contributed by atoms with Crippen LogP contribution >= 0.6 is 11.7 Å². The molecule has 18 heavy (non-hydrogen) atoms. The zero-order valence-electron chi connectivity index (χ0n) is 10.6. The molecule has 2 heterocycles. The van der Waals surface area contributed by atoms with E-state index in [1.807, 2.05) is 0 Å². The van der Waals surface area contributed by atoms with Gasteiger partial charge in [0, 0.05) is 19.1 Å². The standard InChI is InChI=1S/C11H20N4O2S/c1-15-4-2-3-9(15)5-12-6-10(16)8-17-11-7-13-18-14-11/h7,9-10,12,16H,2-6,8H2,1H3. The molecule has 2 unspecified atom stereocenters. The molecule has 1 aliphatic rings. The Morgan fingerprint density at radius 2 is 2.61 bits per heavy atom. The molecule has 1 aromatic rings. The molecular formula is C11H20N4O2S. The first-order valence-electron chi connectivity index (χ1n) is 6.25. The molecule has 2 atom stereocenters. The Bertz CT molecular complexity index is 336. The van der Waals surface area contributed by atoms with Gasteiger partial charge in [-0.1, -0.05) is 0 Å². The van der Waals surface area contributed by atoms with E-state index in [0.29, 0.717) is 18.5 Å². The fraction of sp³-hybridized carbons (Fsp3) is 0.818. The van der Waals surface area contributed by atoms with Crippen LogP contribution in [0.25, 0.3) is 0 Å². The van der Waals surface area contributed by atoms with Crippen molar-refractivity contribution in [3.63, 3.8) is 0 Å². The van der Waals surface area contributed by atoms with Crippen LogP contribution in [0.4, 0.5) is 0 Å². The van der Waals surface area contributed by atoms with Crippen molar-refractivity contribution in [3.05, 3.63) is 6.20 Å². The van der Waals surface area contributed by atoms with Gasteiger partial charge >= 0.3 is 0 Å². The quantitative estimate of drug-likeness (QED) is 0.726. The minimum atomic E-state index is -0.515. The van der Waals surface area contributed by atoms with E-state index in [-0.39, 0.29) is 6.61 Å². The summed E-state index contributed by atoms with van der Waals surface area (Å²) in [6, 6.07) is 0.598. The van der Waals surface area contributed by atoms with Crippen LogP contribution in [0.2, 0.25) is 0 Å². The second kappa shape index (κ2) is 6.98. The Morgan fingerprint density at radius 3 is 3.28 bits per heavy atom. The van der Waals surface area contributed by atoms with E-state index in [9.17, 15) is 5.11 Å². The molecule has 0 aromatic carbocycles. The van der Waals surface area contributed by atoms with Crippen LogP contribution in [0, 0.1) is 0 Å². The number of hydrogen-bond donors (Lipinski definition) is 2. The Kier molecular flexibility index (Phi) is 5.30. The SMILES string of the molecule is CN1CCCC1CNCC(O)COc1cnsn1. The lowest BCUT2D eigenvalue weighted by molar-refractivity contribution is 0.103. The van der Waals surface area contributed by atoms with Crippen LogP contribution in [-0.4, -0.2) is 64.2 Å². The number of hydrogen-bond acceptors (Lipinski definition) is 7. The molecule has 0 aliphatic carbocycles. The van der Waals surface area contributed by atoms with Crippen molar-refractivity contribution < 1.29 is 9.84 Å². The van der Waals surface area contributed by atoms with Gasteiger partial charge in [-0.15, -0.1) is 4.37 Å². The van der Waals surface area contributed by atoms with Crippen molar-refractivity contribution in [1.82, 2.24) is 19.0 Å². The van der Waals surface area contributed by atoms with Gasteiger partial charge in [-0.25, -0.2) is 0 Å². The third-order valence-corrected chi connectivity index (χ3v) is 3.66. The molecule has 6 nitrogen and oxygen atoms in total. The first-order chi connectivity index (χ1) is 8.75. The van der Waals surface area contributed by atoms with Crippen molar-refractivity contribution in [2.75, 3.05) is 33.3 Å². The molecular weight excluding hydrogens is 252 g/mol. The van der Waals surface area contributed by atoms with Crippen LogP contribution in [0.1, 0.15) is 12.8 Å². The van der Waals surface area contributed by atoms with E-state index < -0.39 is 6.10 Å². The number of likely N-dealkylation sites (tertiary alicyclic amines) is 1. The number of likely N-dealkylation sites (N-methyl/N-ethyl adjacent to an activating group) is 1. The van der Waals surface area contributed by atoms with Crippen LogP contribution in [-0.2, 0) is 0 Å². The zero-order valence-corrected chi connectivity index (χ0v) is 11.4. The van der Waals surface area contributed by atoms with Gasteiger partial charge in [-0.3, -0.25) is 0 Å². The summed E-state index contributed by atoms with van der Waals surface area (Å²) < 4.78 is 13.0. The van der Waals surface area contributed by atoms with Gasteiger partial charge in [0.2, 0.25) is 5.88 Å². The van der Waals surface area contributed by atoms with Crippen molar-refractivity contribution in [2.45, 2.75) is 25.0 Å². The lowest BCUT2D eigenvalue weighted by Crippen LogP contribution is -2.39. The molecule has 0 radical (unpaired) electrons. The van der Waals surface area contributed by atoms with Crippen molar-refractivity contribution in [1.29, 1.82) is 0 Å². The predicted octanol–water partition coefficient (Wildman–Crippen LogP) is -0.0384. The fourth-order valence-electron chi connectivity index (χ4n) is 2.11. The number of rotatable bonds is 7. The maximum atomic E-state index is 9.74. The molecule has 0 saturated carbocycles. The highest BCUT2D eigenvalue weighted by atomic mass is 32.1. The maximum Gasteiger partial charge on any atom is 0.245 e. The van der Waals surface area contributed by atoms with Gasteiger partial charge in [0.1, 0.15) is 18.9 Å². The first-order valence-corrected chi connectivity index (χ1v) is 6.98. The zero-order chi connectivity index (χ0) is 12.8. The van der Waals surface area contributed by atoms with E-state index in [1.165, 1.54) is 19.4 Å². The summed E-state index contributed by atoms with van der Waals surface area (Å²) in [5.41, 5.74) is 0. The van der Waals surface area contributed by atoms with E-state index in [1.54, 1.807) is 6.20 Å². The normalized spacial score (nSPS) is 22.2. The van der Waals surface area contributed by atoms with E-state index in [2.05, 4.69) is 26.0 Å². The second-order valence-corrected chi connectivity index (χ2v) is 5.20. The van der Waals surface area contributed by atoms with Gasteiger partial charge in [0.05, 0.1) is 11.7 Å². The van der Waals surface area contributed by atoms with E-state index in [4.69, 9.17) is 4.74 Å². The molecule has 1 fully saturated rings. The van der Waals surface area contributed by atoms with Gasteiger partial charge in [-0.2, -0.15) is 4.37 Å². The molecule has 1 aliphatic heterocycles. The van der Waals surface area contributed by atoms with Crippen LogP contribution in [0.3, 0.4) is 0 Å². The molecule has 2 rings (SSSR count). The summed E-state index contributed by atoms with van der Waals surface area (Å²) in [7, 11) is 2.15. The average molecular weight is 272 g/mol. The summed E-state index contributed by atoms with van der Waals surface area (Å²) in [5, 5.41) is 13.0. The molecule has 0 spiro atoms. The highest BCUT2D eigenvalue weighted by Gasteiger charge is 2.20. The van der Waals surface area contributed by atoms with E-state index >= 15 is 0 Å². The Labute approximate surface area is 111 Å². The van der Waals surface area contributed by atoms with Gasteiger partial charge in [-0.05, 0) is 26.4 Å². The fourth-order valence-corrected chi connectivity index (χ4v) is 2.48. The molecule has 1 saturated heterocycles. The maximum absolute atomic E-state index is 9.74.